The molecular weight excluding hydrogens is 164 g/mol. The Morgan fingerprint density at radius 2 is 2.46 bits per heavy atom. The van der Waals surface area contributed by atoms with Crippen molar-refractivity contribution in [2.24, 2.45) is 0 Å². The molecule has 3 heteroatoms. The van der Waals surface area contributed by atoms with E-state index in [4.69, 9.17) is 0 Å². The fraction of sp³-hybridized carbons (Fsp3) is 0.400. The summed E-state index contributed by atoms with van der Waals surface area (Å²) in [4.78, 5) is 15.1. The number of hydrogen-bond acceptors (Lipinski definition) is 2. The zero-order chi connectivity index (χ0) is 9.68. The maximum atomic E-state index is 11.1. The topological polar surface area (TPSA) is 42.0 Å². The number of rotatable bonds is 3. The number of carbonyl (C=O) groups is 1. The van der Waals surface area contributed by atoms with Gasteiger partial charge in [0.2, 0.25) is 5.91 Å². The summed E-state index contributed by atoms with van der Waals surface area (Å²) < 4.78 is 0. The van der Waals surface area contributed by atoms with Crippen LogP contribution in [0.25, 0.3) is 0 Å². The molecule has 0 aliphatic rings. The van der Waals surface area contributed by atoms with Crippen LogP contribution < -0.4 is 5.32 Å². The maximum absolute atomic E-state index is 11.1. The normalized spacial score (nSPS) is 12.2. The minimum absolute atomic E-state index is 0.0661. The van der Waals surface area contributed by atoms with Crippen molar-refractivity contribution in [1.29, 1.82) is 0 Å². The van der Waals surface area contributed by atoms with Gasteiger partial charge in [-0.2, -0.15) is 0 Å². The van der Waals surface area contributed by atoms with E-state index in [0.717, 1.165) is 5.56 Å². The lowest BCUT2D eigenvalue weighted by molar-refractivity contribution is -0.120. The van der Waals surface area contributed by atoms with Gasteiger partial charge in [0, 0.05) is 25.9 Å². The molecule has 1 aromatic rings. The van der Waals surface area contributed by atoms with E-state index in [1.165, 1.54) is 0 Å². The van der Waals surface area contributed by atoms with Crippen LogP contribution in [-0.4, -0.2) is 17.9 Å². The molecule has 1 unspecified atom stereocenters. The van der Waals surface area contributed by atoms with Crippen LogP contribution >= 0.6 is 0 Å². The zero-order valence-electron chi connectivity index (χ0n) is 7.95. The minimum Gasteiger partial charge on any atom is -0.359 e. The molecule has 0 spiro atoms. The van der Waals surface area contributed by atoms with Gasteiger partial charge in [0.15, 0.2) is 0 Å². The Kier molecular flexibility index (Phi) is 3.43. The van der Waals surface area contributed by atoms with Crippen molar-refractivity contribution < 1.29 is 4.79 Å². The molecular formula is C10H14N2O. The molecule has 70 valence electrons. The van der Waals surface area contributed by atoms with E-state index in [2.05, 4.69) is 10.3 Å². The number of pyridine rings is 1. The molecule has 0 radical (unpaired) electrons. The third-order valence-electron chi connectivity index (χ3n) is 2.02. The lowest BCUT2D eigenvalue weighted by Gasteiger charge is -2.09. The molecule has 0 bridgehead atoms. The van der Waals surface area contributed by atoms with Gasteiger partial charge in [0.1, 0.15) is 0 Å². The van der Waals surface area contributed by atoms with Crippen molar-refractivity contribution in [2.75, 3.05) is 7.05 Å². The summed E-state index contributed by atoms with van der Waals surface area (Å²) in [7, 11) is 1.65. The van der Waals surface area contributed by atoms with E-state index in [1.54, 1.807) is 19.4 Å². The maximum Gasteiger partial charge on any atom is 0.220 e. The fourth-order valence-corrected chi connectivity index (χ4v) is 1.17. The third-order valence-corrected chi connectivity index (χ3v) is 2.02. The Hall–Kier alpha value is -1.38. The van der Waals surface area contributed by atoms with E-state index in [-0.39, 0.29) is 11.8 Å². The average molecular weight is 178 g/mol. The van der Waals surface area contributed by atoms with Crippen molar-refractivity contribution >= 4 is 5.91 Å². The summed E-state index contributed by atoms with van der Waals surface area (Å²) in [6, 6.07) is 3.87. The molecule has 1 amide bonds. The Balaban J connectivity index is 2.59. The van der Waals surface area contributed by atoms with E-state index in [1.807, 2.05) is 19.1 Å². The average Bonchev–Trinajstić information content (AvgIpc) is 2.19. The van der Waals surface area contributed by atoms with Gasteiger partial charge in [0.25, 0.3) is 0 Å². The van der Waals surface area contributed by atoms with Gasteiger partial charge in [-0.25, -0.2) is 0 Å². The van der Waals surface area contributed by atoms with Crippen LogP contribution in [0.4, 0.5) is 0 Å². The van der Waals surface area contributed by atoms with E-state index >= 15 is 0 Å². The fourth-order valence-electron chi connectivity index (χ4n) is 1.17. The molecule has 1 heterocycles. The highest BCUT2D eigenvalue weighted by molar-refractivity contribution is 5.76. The second kappa shape index (κ2) is 4.60. The summed E-state index contributed by atoms with van der Waals surface area (Å²) >= 11 is 0. The number of amides is 1. The molecule has 0 aromatic carbocycles. The molecule has 1 aromatic heterocycles. The van der Waals surface area contributed by atoms with Crippen molar-refractivity contribution in [2.45, 2.75) is 19.3 Å². The van der Waals surface area contributed by atoms with Crippen LogP contribution in [0, 0.1) is 0 Å². The minimum atomic E-state index is 0.0661. The number of aromatic nitrogens is 1. The Labute approximate surface area is 78.2 Å². The summed E-state index contributed by atoms with van der Waals surface area (Å²) in [6.45, 7) is 2.02. The summed E-state index contributed by atoms with van der Waals surface area (Å²) in [6.07, 6.45) is 4.05. The van der Waals surface area contributed by atoms with Crippen LogP contribution in [0.3, 0.4) is 0 Å². The number of hydrogen-bond donors (Lipinski definition) is 1. The van der Waals surface area contributed by atoms with Gasteiger partial charge in [-0.1, -0.05) is 13.0 Å². The van der Waals surface area contributed by atoms with Gasteiger partial charge in [-0.15, -0.1) is 0 Å². The molecule has 0 fully saturated rings. The summed E-state index contributed by atoms with van der Waals surface area (Å²) in [5.41, 5.74) is 1.10. The predicted octanol–water partition coefficient (Wildman–Crippen LogP) is 1.32. The molecule has 13 heavy (non-hydrogen) atoms. The highest BCUT2D eigenvalue weighted by Crippen LogP contribution is 2.16. The molecule has 0 aliphatic carbocycles. The molecule has 1 rings (SSSR count). The van der Waals surface area contributed by atoms with Gasteiger partial charge in [0.05, 0.1) is 0 Å². The first-order chi connectivity index (χ1) is 6.24. The van der Waals surface area contributed by atoms with Crippen molar-refractivity contribution in [3.8, 4) is 0 Å². The second-order valence-corrected chi connectivity index (χ2v) is 3.06. The third kappa shape index (κ3) is 2.86. The number of nitrogens with zero attached hydrogens (tertiary/aromatic N) is 1. The summed E-state index contributed by atoms with van der Waals surface area (Å²) in [5, 5.41) is 2.61. The highest BCUT2D eigenvalue weighted by Gasteiger charge is 2.09. The SMILES string of the molecule is CNC(=O)CC(C)c1cccnc1. The van der Waals surface area contributed by atoms with Crippen LogP contribution in [-0.2, 0) is 4.79 Å². The first-order valence-electron chi connectivity index (χ1n) is 4.34. The predicted molar refractivity (Wildman–Crippen MR) is 51.3 cm³/mol. The van der Waals surface area contributed by atoms with Crippen LogP contribution in [0.15, 0.2) is 24.5 Å². The Bertz CT molecular complexity index is 272. The van der Waals surface area contributed by atoms with Crippen LogP contribution in [0.2, 0.25) is 0 Å². The van der Waals surface area contributed by atoms with Crippen molar-refractivity contribution in [3.05, 3.63) is 30.1 Å². The Morgan fingerprint density at radius 3 is 3.00 bits per heavy atom. The van der Waals surface area contributed by atoms with Crippen LogP contribution in [0.5, 0.6) is 0 Å². The van der Waals surface area contributed by atoms with Gasteiger partial charge in [-0.3, -0.25) is 9.78 Å². The van der Waals surface area contributed by atoms with Gasteiger partial charge >= 0.3 is 0 Å². The quantitative estimate of drug-likeness (QED) is 0.758. The molecule has 0 saturated heterocycles. The van der Waals surface area contributed by atoms with Crippen molar-refractivity contribution in [1.82, 2.24) is 10.3 Å². The Morgan fingerprint density at radius 1 is 1.69 bits per heavy atom. The van der Waals surface area contributed by atoms with Crippen molar-refractivity contribution in [3.63, 3.8) is 0 Å². The first-order valence-corrected chi connectivity index (χ1v) is 4.34. The lowest BCUT2D eigenvalue weighted by atomic mass is 9.99. The molecule has 3 nitrogen and oxygen atoms in total. The largest absolute Gasteiger partial charge is 0.359 e. The second-order valence-electron chi connectivity index (χ2n) is 3.06. The van der Waals surface area contributed by atoms with Gasteiger partial charge < -0.3 is 5.32 Å². The molecule has 1 N–H and O–H groups in total. The lowest BCUT2D eigenvalue weighted by Crippen LogP contribution is -2.19. The van der Waals surface area contributed by atoms with E-state index in [0.29, 0.717) is 6.42 Å². The highest BCUT2D eigenvalue weighted by atomic mass is 16.1. The number of nitrogens with one attached hydrogen (secondary N) is 1. The monoisotopic (exact) mass is 178 g/mol. The van der Waals surface area contributed by atoms with Crippen LogP contribution in [0.1, 0.15) is 24.8 Å². The molecule has 0 saturated carbocycles. The smallest absolute Gasteiger partial charge is 0.220 e. The zero-order valence-corrected chi connectivity index (χ0v) is 7.95. The van der Waals surface area contributed by atoms with E-state index in [9.17, 15) is 4.79 Å². The van der Waals surface area contributed by atoms with E-state index < -0.39 is 0 Å². The first kappa shape index (κ1) is 9.71. The standard InChI is InChI=1S/C10H14N2O/c1-8(6-10(13)11-2)9-4-3-5-12-7-9/h3-5,7-8H,6H2,1-2H3,(H,11,13). The molecule has 1 atom stereocenters. The summed E-state index contributed by atoms with van der Waals surface area (Å²) in [5.74, 6) is 0.296. The van der Waals surface area contributed by atoms with Gasteiger partial charge in [-0.05, 0) is 17.5 Å². The number of carbonyl (C=O) groups excluding carboxylic acids is 1. The molecule has 0 aliphatic heterocycles.